The minimum absolute atomic E-state index is 0.0816. The highest BCUT2D eigenvalue weighted by Crippen LogP contribution is 2.20. The second-order valence-electron chi connectivity index (χ2n) is 5.05. The second kappa shape index (κ2) is 6.35. The van der Waals surface area contributed by atoms with Crippen LogP contribution in [-0.2, 0) is 0 Å². The number of methoxy groups -OCH3 is 1. The maximum Gasteiger partial charge on any atom is 0.254 e. The topological polar surface area (TPSA) is 64.1 Å². The van der Waals surface area contributed by atoms with Gasteiger partial charge in [-0.25, -0.2) is 9.97 Å². The number of amides is 1. The number of hydrogen-bond donors (Lipinski definition) is 1. The van der Waals surface area contributed by atoms with Gasteiger partial charge in [-0.2, -0.15) is 0 Å². The number of nitrogens with one attached hydrogen (secondary N) is 1. The number of nitrogens with zero attached hydrogens (tertiary/aromatic N) is 2. The van der Waals surface area contributed by atoms with Gasteiger partial charge in [0.2, 0.25) is 0 Å². The van der Waals surface area contributed by atoms with Gasteiger partial charge in [-0.05, 0) is 45.0 Å². The Morgan fingerprint density at radius 3 is 2.43 bits per heavy atom. The Balaban J connectivity index is 2.27. The molecule has 0 atom stereocenters. The lowest BCUT2D eigenvalue weighted by Crippen LogP contribution is -2.31. The zero-order valence-electron chi connectivity index (χ0n) is 12.7. The summed E-state index contributed by atoms with van der Waals surface area (Å²) in [6, 6.07) is 7.57. The van der Waals surface area contributed by atoms with E-state index in [4.69, 9.17) is 4.74 Å². The Bertz CT molecular complexity index is 636. The van der Waals surface area contributed by atoms with Crippen LogP contribution in [0.1, 0.15) is 29.9 Å². The first-order valence-electron chi connectivity index (χ1n) is 6.80. The molecule has 1 N–H and O–H groups in total. The third-order valence-electron chi connectivity index (χ3n) is 2.99. The predicted molar refractivity (Wildman–Crippen MR) is 81.4 cm³/mol. The molecule has 21 heavy (non-hydrogen) atoms. The number of rotatable bonds is 4. The Hall–Kier alpha value is -2.43. The molecule has 0 unspecified atom stereocenters. The van der Waals surface area contributed by atoms with Crippen LogP contribution in [-0.4, -0.2) is 29.0 Å². The van der Waals surface area contributed by atoms with Crippen LogP contribution >= 0.6 is 0 Å². The van der Waals surface area contributed by atoms with E-state index in [9.17, 15) is 4.79 Å². The summed E-state index contributed by atoms with van der Waals surface area (Å²) in [6.45, 7) is 5.64. The van der Waals surface area contributed by atoms with E-state index in [2.05, 4.69) is 15.3 Å². The van der Waals surface area contributed by atoms with Gasteiger partial charge in [-0.15, -0.1) is 0 Å². The van der Waals surface area contributed by atoms with E-state index in [0.29, 0.717) is 17.1 Å². The van der Waals surface area contributed by atoms with Gasteiger partial charge in [0.1, 0.15) is 5.75 Å². The number of hydrogen-bond acceptors (Lipinski definition) is 4. The molecule has 5 nitrogen and oxygen atoms in total. The first-order chi connectivity index (χ1) is 10.0. The highest BCUT2D eigenvalue weighted by molar-refractivity contribution is 5.95. The molecule has 0 spiro atoms. The van der Waals surface area contributed by atoms with Gasteiger partial charge < -0.3 is 10.1 Å². The SMILES string of the molecule is COc1ccc(-c2ncc(C(=O)NC(C)C)c(C)n2)cc1. The Kier molecular flexibility index (Phi) is 4.52. The molecular formula is C16H19N3O2. The van der Waals surface area contributed by atoms with Crippen molar-refractivity contribution in [3.63, 3.8) is 0 Å². The summed E-state index contributed by atoms with van der Waals surface area (Å²) in [5.41, 5.74) is 2.05. The van der Waals surface area contributed by atoms with Gasteiger partial charge in [0.25, 0.3) is 5.91 Å². The molecule has 0 bridgehead atoms. The molecule has 0 aliphatic heterocycles. The van der Waals surface area contributed by atoms with E-state index < -0.39 is 0 Å². The zero-order chi connectivity index (χ0) is 15.4. The molecule has 2 rings (SSSR count). The summed E-state index contributed by atoms with van der Waals surface area (Å²) in [5, 5.41) is 2.84. The Morgan fingerprint density at radius 2 is 1.90 bits per heavy atom. The van der Waals surface area contributed by atoms with Crippen LogP contribution in [0.2, 0.25) is 0 Å². The molecule has 110 valence electrons. The van der Waals surface area contributed by atoms with Crippen molar-refractivity contribution in [2.24, 2.45) is 0 Å². The van der Waals surface area contributed by atoms with Crippen LogP contribution in [0.5, 0.6) is 5.75 Å². The molecule has 1 amide bonds. The lowest BCUT2D eigenvalue weighted by molar-refractivity contribution is 0.0941. The van der Waals surface area contributed by atoms with E-state index in [1.54, 1.807) is 13.3 Å². The van der Waals surface area contributed by atoms with Crippen LogP contribution in [0.3, 0.4) is 0 Å². The van der Waals surface area contributed by atoms with E-state index >= 15 is 0 Å². The van der Waals surface area contributed by atoms with Crippen LogP contribution in [0, 0.1) is 6.92 Å². The number of aryl methyl sites for hydroxylation is 1. The molecule has 0 aliphatic carbocycles. The number of ether oxygens (including phenoxy) is 1. The largest absolute Gasteiger partial charge is 0.497 e. The fourth-order valence-electron chi connectivity index (χ4n) is 1.91. The van der Waals surface area contributed by atoms with E-state index in [1.807, 2.05) is 45.0 Å². The summed E-state index contributed by atoms with van der Waals surface area (Å²) in [5.74, 6) is 1.23. The van der Waals surface area contributed by atoms with Crippen molar-refractivity contribution in [3.05, 3.63) is 41.7 Å². The minimum Gasteiger partial charge on any atom is -0.497 e. The van der Waals surface area contributed by atoms with Crippen molar-refractivity contribution in [1.82, 2.24) is 15.3 Å². The summed E-state index contributed by atoms with van der Waals surface area (Å²) < 4.78 is 5.12. The molecule has 1 heterocycles. The first-order valence-corrected chi connectivity index (χ1v) is 6.80. The van der Waals surface area contributed by atoms with Crippen LogP contribution in [0.4, 0.5) is 0 Å². The lowest BCUT2D eigenvalue weighted by atomic mass is 10.1. The van der Waals surface area contributed by atoms with Crippen molar-refractivity contribution in [3.8, 4) is 17.1 Å². The van der Waals surface area contributed by atoms with Crippen LogP contribution in [0.25, 0.3) is 11.4 Å². The fraction of sp³-hybridized carbons (Fsp3) is 0.312. The maximum absolute atomic E-state index is 12.0. The molecule has 0 fully saturated rings. The summed E-state index contributed by atoms with van der Waals surface area (Å²) in [4.78, 5) is 20.7. The number of benzene rings is 1. The van der Waals surface area contributed by atoms with Gasteiger partial charge in [-0.3, -0.25) is 4.79 Å². The summed E-state index contributed by atoms with van der Waals surface area (Å²) >= 11 is 0. The smallest absolute Gasteiger partial charge is 0.254 e. The highest BCUT2D eigenvalue weighted by Gasteiger charge is 2.13. The maximum atomic E-state index is 12.0. The second-order valence-corrected chi connectivity index (χ2v) is 5.05. The minimum atomic E-state index is -0.149. The predicted octanol–water partition coefficient (Wildman–Crippen LogP) is 2.60. The van der Waals surface area contributed by atoms with Gasteiger partial charge >= 0.3 is 0 Å². The standard InChI is InChI=1S/C16H19N3O2/c1-10(2)18-16(20)14-9-17-15(19-11(14)3)12-5-7-13(21-4)8-6-12/h5-10H,1-4H3,(H,18,20). The van der Waals surface area contributed by atoms with Crippen LogP contribution < -0.4 is 10.1 Å². The summed E-state index contributed by atoms with van der Waals surface area (Å²) in [7, 11) is 1.62. The molecule has 0 radical (unpaired) electrons. The quantitative estimate of drug-likeness (QED) is 0.937. The molecular weight excluding hydrogens is 266 g/mol. The lowest BCUT2D eigenvalue weighted by Gasteiger charge is -2.10. The molecule has 1 aromatic carbocycles. The molecule has 0 saturated heterocycles. The third-order valence-corrected chi connectivity index (χ3v) is 2.99. The monoisotopic (exact) mass is 285 g/mol. The average Bonchev–Trinajstić information content (AvgIpc) is 2.46. The number of carbonyl (C=O) groups is 1. The van der Waals surface area contributed by atoms with Crippen molar-refractivity contribution in [2.75, 3.05) is 7.11 Å². The Morgan fingerprint density at radius 1 is 1.24 bits per heavy atom. The molecule has 0 saturated carbocycles. The van der Waals surface area contributed by atoms with Crippen molar-refractivity contribution in [1.29, 1.82) is 0 Å². The fourth-order valence-corrected chi connectivity index (χ4v) is 1.91. The molecule has 0 aliphatic rings. The molecule has 1 aromatic heterocycles. The van der Waals surface area contributed by atoms with Crippen LogP contribution in [0.15, 0.2) is 30.5 Å². The number of aromatic nitrogens is 2. The van der Waals surface area contributed by atoms with Gasteiger partial charge in [0.15, 0.2) is 5.82 Å². The van der Waals surface area contributed by atoms with Gasteiger partial charge in [0.05, 0.1) is 18.4 Å². The van der Waals surface area contributed by atoms with E-state index in [-0.39, 0.29) is 11.9 Å². The Labute approximate surface area is 124 Å². The van der Waals surface area contributed by atoms with Crippen molar-refractivity contribution < 1.29 is 9.53 Å². The van der Waals surface area contributed by atoms with Crippen molar-refractivity contribution >= 4 is 5.91 Å². The summed E-state index contributed by atoms with van der Waals surface area (Å²) in [6.07, 6.45) is 1.57. The molecule has 2 aromatic rings. The molecule has 5 heteroatoms. The van der Waals surface area contributed by atoms with Gasteiger partial charge in [0, 0.05) is 17.8 Å². The van der Waals surface area contributed by atoms with E-state index in [1.165, 1.54) is 0 Å². The first kappa shape index (κ1) is 15.0. The zero-order valence-corrected chi connectivity index (χ0v) is 12.7. The van der Waals surface area contributed by atoms with Gasteiger partial charge in [-0.1, -0.05) is 0 Å². The third kappa shape index (κ3) is 3.56. The highest BCUT2D eigenvalue weighted by atomic mass is 16.5. The van der Waals surface area contributed by atoms with E-state index in [0.717, 1.165) is 11.3 Å². The van der Waals surface area contributed by atoms with Crippen molar-refractivity contribution in [2.45, 2.75) is 26.8 Å². The normalized spacial score (nSPS) is 10.5. The average molecular weight is 285 g/mol. The number of carbonyl (C=O) groups excluding carboxylic acids is 1.